The molecule has 0 spiro atoms. The lowest BCUT2D eigenvalue weighted by molar-refractivity contribution is 0.645. The van der Waals surface area contributed by atoms with E-state index in [9.17, 15) is 0 Å². The fraction of sp³-hybridized carbons (Fsp3) is 0. The molecule has 3 aromatic heterocycles. The van der Waals surface area contributed by atoms with Crippen LogP contribution >= 0.6 is 0 Å². The number of fused-ring (bicyclic) bond motifs is 9. The molecular formula is C54H34N2O2. The van der Waals surface area contributed by atoms with Crippen LogP contribution in [0.25, 0.3) is 93.6 Å². The summed E-state index contributed by atoms with van der Waals surface area (Å²) in [4.78, 5) is 2.36. The van der Waals surface area contributed by atoms with Crippen LogP contribution in [0.4, 0.5) is 17.1 Å². The Morgan fingerprint density at radius 3 is 1.67 bits per heavy atom. The van der Waals surface area contributed by atoms with Gasteiger partial charge in [-0.15, -0.1) is 0 Å². The average molecular weight is 743 g/mol. The van der Waals surface area contributed by atoms with Gasteiger partial charge in [-0.25, -0.2) is 0 Å². The number of furan rings is 2. The van der Waals surface area contributed by atoms with Gasteiger partial charge in [0.15, 0.2) is 0 Å². The predicted octanol–water partition coefficient (Wildman–Crippen LogP) is 15.4. The maximum Gasteiger partial charge on any atom is 0.213 e. The quantitative estimate of drug-likeness (QED) is 0.170. The molecule has 0 aliphatic heterocycles. The van der Waals surface area contributed by atoms with Crippen LogP contribution in [0.15, 0.2) is 215 Å². The highest BCUT2D eigenvalue weighted by Crippen LogP contribution is 2.46. The van der Waals surface area contributed by atoms with Crippen molar-refractivity contribution >= 4 is 82.7 Å². The van der Waals surface area contributed by atoms with Crippen molar-refractivity contribution in [3.8, 4) is 27.9 Å². The minimum absolute atomic E-state index is 0.852. The van der Waals surface area contributed by atoms with Crippen LogP contribution < -0.4 is 4.90 Å². The molecule has 0 N–H and O–H groups in total. The monoisotopic (exact) mass is 742 g/mol. The first kappa shape index (κ1) is 32.4. The first-order chi connectivity index (χ1) is 28.8. The third-order valence-corrected chi connectivity index (χ3v) is 11.6. The van der Waals surface area contributed by atoms with Crippen molar-refractivity contribution in [2.75, 3.05) is 4.90 Å². The molecule has 0 saturated heterocycles. The molecule has 0 aliphatic carbocycles. The normalized spacial score (nSPS) is 11.8. The molecule has 0 bridgehead atoms. The van der Waals surface area contributed by atoms with Gasteiger partial charge in [0.2, 0.25) is 5.71 Å². The van der Waals surface area contributed by atoms with Gasteiger partial charge < -0.3 is 13.7 Å². The number of benzene rings is 9. The number of hydrogen-bond acceptors (Lipinski definition) is 3. The van der Waals surface area contributed by atoms with E-state index in [1.165, 1.54) is 27.3 Å². The predicted molar refractivity (Wildman–Crippen MR) is 241 cm³/mol. The van der Waals surface area contributed by atoms with Crippen LogP contribution in [0.3, 0.4) is 0 Å². The lowest BCUT2D eigenvalue weighted by atomic mass is 9.97. The van der Waals surface area contributed by atoms with Gasteiger partial charge in [0, 0.05) is 33.2 Å². The highest BCUT2D eigenvalue weighted by Gasteiger charge is 2.23. The van der Waals surface area contributed by atoms with Crippen molar-refractivity contribution < 1.29 is 8.83 Å². The summed E-state index contributed by atoms with van der Waals surface area (Å²) in [6.45, 7) is 0. The Morgan fingerprint density at radius 2 is 0.914 bits per heavy atom. The standard InChI is InChI=1S/C54H34N2O2/c1-2-15-38(16-3-1)56-47-22-11-21-43(52(47)53-45-19-7-9-25-49(45)58-54(53)56)37-29-33-40(34-30-37)55(46-23-12-26-50-51(46)44-18-6-8-24-48(44)57-50)39-31-27-36(28-32-39)42-20-10-14-35-13-4-5-17-41(35)42/h1-34H. The highest BCUT2D eigenvalue weighted by atomic mass is 16.3. The molecule has 0 radical (unpaired) electrons. The second kappa shape index (κ2) is 12.9. The van der Waals surface area contributed by atoms with Crippen LogP contribution in [0.1, 0.15) is 0 Å². The van der Waals surface area contributed by atoms with E-state index < -0.39 is 0 Å². The summed E-state index contributed by atoms with van der Waals surface area (Å²) in [7, 11) is 0. The van der Waals surface area contributed by atoms with Crippen LogP contribution in [-0.2, 0) is 0 Å². The van der Waals surface area contributed by atoms with E-state index in [1.807, 2.05) is 18.2 Å². The minimum atomic E-state index is 0.852. The number of nitrogens with zero attached hydrogens (tertiary/aromatic N) is 2. The molecule has 0 amide bonds. The molecule has 0 aliphatic rings. The number of para-hydroxylation sites is 3. The number of aromatic nitrogens is 1. The van der Waals surface area contributed by atoms with Crippen molar-refractivity contribution in [3.63, 3.8) is 0 Å². The summed E-state index contributed by atoms with van der Waals surface area (Å²) in [5, 5.41) is 8.07. The van der Waals surface area contributed by atoms with E-state index in [0.717, 1.165) is 83.4 Å². The van der Waals surface area contributed by atoms with Crippen molar-refractivity contribution in [2.24, 2.45) is 0 Å². The molecule has 58 heavy (non-hydrogen) atoms. The third kappa shape index (κ3) is 4.95. The summed E-state index contributed by atoms with van der Waals surface area (Å²) in [5.41, 5.74) is 13.5. The lowest BCUT2D eigenvalue weighted by Gasteiger charge is -2.27. The van der Waals surface area contributed by atoms with Gasteiger partial charge in [0.25, 0.3) is 0 Å². The molecule has 4 heteroatoms. The highest BCUT2D eigenvalue weighted by molar-refractivity contribution is 6.24. The van der Waals surface area contributed by atoms with Crippen LogP contribution in [-0.4, -0.2) is 4.57 Å². The van der Waals surface area contributed by atoms with E-state index >= 15 is 0 Å². The molecule has 0 unspecified atom stereocenters. The van der Waals surface area contributed by atoms with Crippen LogP contribution in [0.2, 0.25) is 0 Å². The zero-order valence-electron chi connectivity index (χ0n) is 31.3. The first-order valence-corrected chi connectivity index (χ1v) is 19.7. The van der Waals surface area contributed by atoms with Crippen molar-refractivity contribution in [1.29, 1.82) is 0 Å². The Labute approximate surface area is 334 Å². The Hall–Kier alpha value is -7.82. The summed E-state index contributed by atoms with van der Waals surface area (Å²) in [6, 6.07) is 73.1. The summed E-state index contributed by atoms with van der Waals surface area (Å²) < 4.78 is 15.3. The molecule has 9 aromatic carbocycles. The van der Waals surface area contributed by atoms with Crippen molar-refractivity contribution in [3.05, 3.63) is 206 Å². The zero-order valence-corrected chi connectivity index (χ0v) is 31.3. The fourth-order valence-electron chi connectivity index (χ4n) is 9.03. The van der Waals surface area contributed by atoms with Gasteiger partial charge in [-0.3, -0.25) is 4.57 Å². The van der Waals surface area contributed by atoms with E-state index in [1.54, 1.807) is 0 Å². The number of hydrogen-bond donors (Lipinski definition) is 0. The third-order valence-electron chi connectivity index (χ3n) is 11.6. The Balaban J connectivity index is 1.04. The minimum Gasteiger partial charge on any atom is -0.456 e. The van der Waals surface area contributed by atoms with Gasteiger partial charge in [-0.05, 0) is 99.8 Å². The van der Waals surface area contributed by atoms with Gasteiger partial charge >= 0.3 is 0 Å². The number of anilines is 3. The first-order valence-electron chi connectivity index (χ1n) is 19.7. The van der Waals surface area contributed by atoms with Crippen LogP contribution in [0, 0.1) is 0 Å². The Kier molecular flexibility index (Phi) is 7.20. The van der Waals surface area contributed by atoms with E-state index in [4.69, 9.17) is 8.83 Å². The van der Waals surface area contributed by atoms with Crippen LogP contribution in [0.5, 0.6) is 0 Å². The second-order valence-electron chi connectivity index (χ2n) is 14.9. The molecule has 0 fully saturated rings. The molecule has 12 aromatic rings. The van der Waals surface area contributed by atoms with E-state index in [2.05, 4.69) is 198 Å². The molecule has 0 atom stereocenters. The van der Waals surface area contributed by atoms with Gasteiger partial charge in [0.1, 0.15) is 16.7 Å². The van der Waals surface area contributed by atoms with Crippen molar-refractivity contribution in [2.45, 2.75) is 0 Å². The molecule has 4 nitrogen and oxygen atoms in total. The van der Waals surface area contributed by atoms with Gasteiger partial charge in [-0.1, -0.05) is 140 Å². The summed E-state index contributed by atoms with van der Waals surface area (Å²) >= 11 is 0. The van der Waals surface area contributed by atoms with Gasteiger partial charge in [-0.2, -0.15) is 0 Å². The molecule has 272 valence electrons. The SMILES string of the molecule is c1ccc(-n2c3cccc(-c4ccc(N(c5ccc(-c6cccc7ccccc67)cc5)c5cccc6oc7ccccc7c56)cc4)c3c3c4ccccc4oc32)cc1. The Morgan fingerprint density at radius 1 is 0.362 bits per heavy atom. The fourth-order valence-corrected chi connectivity index (χ4v) is 9.03. The Bertz CT molecular complexity index is 3490. The topological polar surface area (TPSA) is 34.5 Å². The molecule has 0 saturated carbocycles. The zero-order chi connectivity index (χ0) is 38.2. The van der Waals surface area contributed by atoms with E-state index in [0.29, 0.717) is 0 Å². The van der Waals surface area contributed by atoms with Gasteiger partial charge in [0.05, 0.1) is 22.0 Å². The number of rotatable bonds is 6. The smallest absolute Gasteiger partial charge is 0.213 e. The maximum absolute atomic E-state index is 6.63. The molecule has 3 heterocycles. The molecule has 12 rings (SSSR count). The second-order valence-corrected chi connectivity index (χ2v) is 14.9. The van der Waals surface area contributed by atoms with Crippen molar-refractivity contribution in [1.82, 2.24) is 4.57 Å². The largest absolute Gasteiger partial charge is 0.456 e. The summed E-state index contributed by atoms with van der Waals surface area (Å²) in [5.74, 6) is 0. The summed E-state index contributed by atoms with van der Waals surface area (Å²) in [6.07, 6.45) is 0. The maximum atomic E-state index is 6.63. The average Bonchev–Trinajstić information content (AvgIpc) is 3.96. The molecular weight excluding hydrogens is 709 g/mol. The lowest BCUT2D eigenvalue weighted by Crippen LogP contribution is -2.10. The van der Waals surface area contributed by atoms with E-state index in [-0.39, 0.29) is 0 Å².